The van der Waals surface area contributed by atoms with Crippen LogP contribution in [-0.4, -0.2) is 0 Å². The lowest BCUT2D eigenvalue weighted by Gasteiger charge is -2.26. The molecule has 0 N–H and O–H groups in total. The summed E-state index contributed by atoms with van der Waals surface area (Å²) in [6.45, 7) is 1.69. The molecule has 0 heterocycles. The number of hydrogen-bond donors (Lipinski definition) is 0. The molecule has 0 spiro atoms. The Hall–Kier alpha value is -2.33. The number of halogens is 6. The Morgan fingerprint density at radius 3 is 1.29 bits per heavy atom. The Morgan fingerprint density at radius 2 is 0.893 bits per heavy atom. The van der Waals surface area contributed by atoms with Crippen molar-refractivity contribution in [2.24, 2.45) is 0 Å². The predicted molar refractivity (Wildman–Crippen MR) is 99.9 cm³/mol. The van der Waals surface area contributed by atoms with Gasteiger partial charge in [0.15, 0.2) is 0 Å². The van der Waals surface area contributed by atoms with Gasteiger partial charge in [0.2, 0.25) is 0 Å². The van der Waals surface area contributed by atoms with E-state index in [1.54, 1.807) is 31.2 Å². The summed E-state index contributed by atoms with van der Waals surface area (Å²) in [5.74, 6) is 0. The van der Waals surface area contributed by atoms with Crippen LogP contribution in [0.5, 0.6) is 0 Å². The minimum absolute atomic E-state index is 0.143. The van der Waals surface area contributed by atoms with Crippen LogP contribution in [0.15, 0.2) is 72.8 Å². The summed E-state index contributed by atoms with van der Waals surface area (Å²) >= 11 is 0. The fourth-order valence-corrected chi connectivity index (χ4v) is 5.82. The van der Waals surface area contributed by atoms with E-state index in [0.29, 0.717) is 10.9 Å². The topological polar surface area (TPSA) is 0 Å². The van der Waals surface area contributed by atoms with Crippen LogP contribution in [-0.2, 0) is 12.4 Å². The van der Waals surface area contributed by atoms with Crippen molar-refractivity contribution in [3.63, 3.8) is 0 Å². The van der Waals surface area contributed by atoms with E-state index in [0.717, 1.165) is 12.1 Å². The van der Waals surface area contributed by atoms with Crippen LogP contribution in [0.3, 0.4) is 0 Å². The zero-order valence-electron chi connectivity index (χ0n) is 14.6. The SMILES string of the molecule is Cc1ccccc1P(c1ccccc1C(F)(F)F)c1ccccc1C(F)(F)F. The highest BCUT2D eigenvalue weighted by atomic mass is 31.1. The fourth-order valence-electron chi connectivity index (χ4n) is 3.02. The molecule has 0 radical (unpaired) electrons. The monoisotopic (exact) mass is 412 g/mol. The molecule has 0 saturated carbocycles. The van der Waals surface area contributed by atoms with Gasteiger partial charge in [-0.1, -0.05) is 60.7 Å². The van der Waals surface area contributed by atoms with Crippen LogP contribution in [0, 0.1) is 6.92 Å². The Labute approximate surface area is 159 Å². The van der Waals surface area contributed by atoms with Crippen LogP contribution >= 0.6 is 7.92 Å². The van der Waals surface area contributed by atoms with Crippen LogP contribution in [0.4, 0.5) is 26.3 Å². The van der Waals surface area contributed by atoms with Crippen molar-refractivity contribution >= 4 is 23.8 Å². The van der Waals surface area contributed by atoms with E-state index in [9.17, 15) is 26.3 Å². The molecule has 7 heteroatoms. The molecule has 0 bridgehead atoms. The van der Waals surface area contributed by atoms with E-state index < -0.39 is 31.4 Å². The van der Waals surface area contributed by atoms with Gasteiger partial charge < -0.3 is 0 Å². The number of rotatable bonds is 3. The molecule has 0 saturated heterocycles. The molecule has 3 rings (SSSR count). The van der Waals surface area contributed by atoms with Crippen LogP contribution in [0.2, 0.25) is 0 Å². The minimum Gasteiger partial charge on any atom is -0.166 e. The first-order valence-electron chi connectivity index (χ1n) is 8.29. The molecule has 0 unspecified atom stereocenters. The van der Waals surface area contributed by atoms with Crippen molar-refractivity contribution in [2.45, 2.75) is 19.3 Å². The van der Waals surface area contributed by atoms with Gasteiger partial charge in [0.1, 0.15) is 0 Å². The van der Waals surface area contributed by atoms with Gasteiger partial charge in [0, 0.05) is 0 Å². The first-order valence-corrected chi connectivity index (χ1v) is 9.63. The Bertz CT molecular complexity index is 917. The third kappa shape index (κ3) is 4.07. The van der Waals surface area contributed by atoms with Crippen molar-refractivity contribution in [1.29, 1.82) is 0 Å². The van der Waals surface area contributed by atoms with Crippen molar-refractivity contribution in [3.05, 3.63) is 89.5 Å². The van der Waals surface area contributed by atoms with Crippen LogP contribution in [0.1, 0.15) is 16.7 Å². The maximum absolute atomic E-state index is 13.7. The molecule has 28 heavy (non-hydrogen) atoms. The lowest BCUT2D eigenvalue weighted by molar-refractivity contribution is -0.137. The molecular formula is C21H15F6P. The molecule has 0 aromatic heterocycles. The molecule has 3 aromatic carbocycles. The zero-order valence-corrected chi connectivity index (χ0v) is 15.5. The summed E-state index contributed by atoms with van der Waals surface area (Å²) in [5.41, 5.74) is -1.19. The van der Waals surface area contributed by atoms with Gasteiger partial charge in [0.05, 0.1) is 11.1 Å². The summed E-state index contributed by atoms with van der Waals surface area (Å²) in [6, 6.07) is 16.3. The standard InChI is InChI=1S/C21H15F6P/c1-14-8-2-5-11-17(14)28(18-12-6-3-9-15(18)20(22,23)24)19-13-7-4-10-16(19)21(25,26)27/h2-13H,1H3. The van der Waals surface area contributed by atoms with E-state index in [4.69, 9.17) is 0 Å². The Kier molecular flexibility index (Phi) is 5.53. The average Bonchev–Trinajstić information content (AvgIpc) is 2.63. The lowest BCUT2D eigenvalue weighted by Crippen LogP contribution is -2.31. The van der Waals surface area contributed by atoms with Gasteiger partial charge in [-0.05, 0) is 48.5 Å². The number of hydrogen-bond acceptors (Lipinski definition) is 0. The molecular weight excluding hydrogens is 397 g/mol. The van der Waals surface area contributed by atoms with Gasteiger partial charge >= 0.3 is 12.4 Å². The molecule has 0 atom stereocenters. The van der Waals surface area contributed by atoms with Crippen molar-refractivity contribution in [1.82, 2.24) is 0 Å². The van der Waals surface area contributed by atoms with Gasteiger partial charge in [0.25, 0.3) is 0 Å². The van der Waals surface area contributed by atoms with Crippen molar-refractivity contribution in [3.8, 4) is 0 Å². The van der Waals surface area contributed by atoms with Crippen molar-refractivity contribution in [2.75, 3.05) is 0 Å². The second kappa shape index (κ2) is 7.59. The molecule has 0 amide bonds. The van der Waals surface area contributed by atoms with E-state index in [1.807, 2.05) is 0 Å². The summed E-state index contributed by atoms with van der Waals surface area (Å²) in [6.07, 6.45) is -9.35. The third-order valence-electron chi connectivity index (χ3n) is 4.26. The lowest BCUT2D eigenvalue weighted by atomic mass is 10.2. The number of alkyl halides is 6. The van der Waals surface area contributed by atoms with Gasteiger partial charge in [-0.3, -0.25) is 0 Å². The first-order chi connectivity index (χ1) is 13.1. The zero-order chi connectivity index (χ0) is 20.5. The smallest absolute Gasteiger partial charge is 0.166 e. The molecule has 0 fully saturated rings. The molecule has 3 aromatic rings. The second-order valence-corrected chi connectivity index (χ2v) is 8.27. The number of aryl methyl sites for hydroxylation is 1. The van der Waals surface area contributed by atoms with Crippen LogP contribution < -0.4 is 15.9 Å². The predicted octanol–water partition coefficient (Wildman–Crippen LogP) is 5.79. The maximum Gasteiger partial charge on any atom is 0.417 e. The Balaban J connectivity index is 2.37. The van der Waals surface area contributed by atoms with E-state index in [2.05, 4.69) is 0 Å². The normalized spacial score (nSPS) is 12.4. The average molecular weight is 412 g/mol. The van der Waals surface area contributed by atoms with E-state index >= 15 is 0 Å². The quantitative estimate of drug-likeness (QED) is 0.377. The van der Waals surface area contributed by atoms with Gasteiger partial charge in [-0.25, -0.2) is 0 Å². The van der Waals surface area contributed by atoms with E-state index in [-0.39, 0.29) is 10.6 Å². The highest BCUT2D eigenvalue weighted by Gasteiger charge is 2.40. The highest BCUT2D eigenvalue weighted by Crippen LogP contribution is 2.43. The second-order valence-electron chi connectivity index (χ2n) is 6.15. The largest absolute Gasteiger partial charge is 0.417 e. The van der Waals surface area contributed by atoms with Gasteiger partial charge in [-0.15, -0.1) is 0 Å². The van der Waals surface area contributed by atoms with Crippen molar-refractivity contribution < 1.29 is 26.3 Å². The number of benzene rings is 3. The minimum atomic E-state index is -4.67. The summed E-state index contributed by atoms with van der Waals surface area (Å²) < 4.78 is 82.0. The Morgan fingerprint density at radius 1 is 0.536 bits per heavy atom. The van der Waals surface area contributed by atoms with E-state index in [1.165, 1.54) is 36.4 Å². The fraction of sp³-hybridized carbons (Fsp3) is 0.143. The highest BCUT2D eigenvalue weighted by molar-refractivity contribution is 7.80. The molecule has 0 aliphatic carbocycles. The molecule has 0 aliphatic heterocycles. The molecule has 0 nitrogen and oxygen atoms in total. The van der Waals surface area contributed by atoms with Gasteiger partial charge in [-0.2, -0.15) is 26.3 Å². The first kappa shape index (κ1) is 20.4. The molecule has 0 aliphatic rings. The molecule has 146 valence electrons. The summed E-state index contributed by atoms with van der Waals surface area (Å²) in [5, 5.41) is 0.179. The summed E-state index contributed by atoms with van der Waals surface area (Å²) in [4.78, 5) is 0. The summed E-state index contributed by atoms with van der Waals surface area (Å²) in [7, 11) is -2.08. The third-order valence-corrected chi connectivity index (χ3v) is 6.98. The maximum atomic E-state index is 13.7. The van der Waals surface area contributed by atoms with Crippen LogP contribution in [0.25, 0.3) is 0 Å².